The molecule has 2 nitrogen and oxygen atoms in total. The Morgan fingerprint density at radius 1 is 1.62 bits per heavy atom. The zero-order valence-electron chi connectivity index (χ0n) is 9.41. The van der Waals surface area contributed by atoms with Crippen LogP contribution in [0.5, 0.6) is 0 Å². The standard InChI is InChI=1S/C12H16BrNOS/c1-2-10-5-3-4-6-14(10)12(15)11-7-9(13)8-16-11/h7-8,10H,2-6H2,1H3/t10-/m1/s1. The quantitative estimate of drug-likeness (QED) is 0.811. The van der Waals surface area contributed by atoms with Gasteiger partial charge in [0, 0.05) is 22.4 Å². The molecule has 1 aromatic heterocycles. The maximum atomic E-state index is 12.3. The molecular formula is C12H16BrNOS. The Balaban J connectivity index is 2.13. The summed E-state index contributed by atoms with van der Waals surface area (Å²) in [6.07, 6.45) is 4.64. The number of carbonyl (C=O) groups is 1. The van der Waals surface area contributed by atoms with E-state index in [2.05, 4.69) is 27.8 Å². The van der Waals surface area contributed by atoms with Gasteiger partial charge in [0.2, 0.25) is 0 Å². The summed E-state index contributed by atoms with van der Waals surface area (Å²) in [6, 6.07) is 2.37. The normalized spacial score (nSPS) is 21.1. The van der Waals surface area contributed by atoms with Crippen LogP contribution in [-0.4, -0.2) is 23.4 Å². The molecule has 16 heavy (non-hydrogen) atoms. The molecule has 0 N–H and O–H groups in total. The van der Waals surface area contributed by atoms with Crippen LogP contribution < -0.4 is 0 Å². The molecule has 88 valence electrons. The van der Waals surface area contributed by atoms with E-state index in [-0.39, 0.29) is 5.91 Å². The third-order valence-electron chi connectivity index (χ3n) is 3.14. The molecule has 0 unspecified atom stereocenters. The van der Waals surface area contributed by atoms with Gasteiger partial charge in [-0.05, 0) is 47.7 Å². The highest BCUT2D eigenvalue weighted by Crippen LogP contribution is 2.26. The molecule has 0 radical (unpaired) electrons. The average molecular weight is 302 g/mol. The molecule has 1 amide bonds. The van der Waals surface area contributed by atoms with Crippen molar-refractivity contribution in [2.24, 2.45) is 0 Å². The Morgan fingerprint density at radius 3 is 3.06 bits per heavy atom. The molecule has 0 spiro atoms. The molecule has 0 aliphatic carbocycles. The van der Waals surface area contributed by atoms with Crippen LogP contribution in [0.1, 0.15) is 42.3 Å². The lowest BCUT2D eigenvalue weighted by Gasteiger charge is -2.34. The first-order valence-electron chi connectivity index (χ1n) is 5.77. The summed E-state index contributed by atoms with van der Waals surface area (Å²) in [6.45, 7) is 3.09. The number of carbonyl (C=O) groups excluding carboxylic acids is 1. The highest BCUT2D eigenvalue weighted by atomic mass is 79.9. The molecule has 1 saturated heterocycles. The predicted octanol–water partition coefficient (Wildman–Crippen LogP) is 3.92. The smallest absolute Gasteiger partial charge is 0.264 e. The Labute approximate surface area is 109 Å². The number of thiophene rings is 1. The van der Waals surface area contributed by atoms with Gasteiger partial charge in [-0.25, -0.2) is 0 Å². The average Bonchev–Trinajstić information content (AvgIpc) is 2.75. The van der Waals surface area contributed by atoms with Crippen LogP contribution >= 0.6 is 27.3 Å². The van der Waals surface area contributed by atoms with Crippen molar-refractivity contribution in [2.45, 2.75) is 38.6 Å². The van der Waals surface area contributed by atoms with Crippen molar-refractivity contribution in [2.75, 3.05) is 6.54 Å². The second kappa shape index (κ2) is 5.32. The topological polar surface area (TPSA) is 20.3 Å². The number of hydrogen-bond acceptors (Lipinski definition) is 2. The van der Waals surface area contributed by atoms with Gasteiger partial charge in [0.05, 0.1) is 4.88 Å². The van der Waals surface area contributed by atoms with Gasteiger partial charge in [0.25, 0.3) is 5.91 Å². The van der Waals surface area contributed by atoms with Crippen molar-refractivity contribution in [1.29, 1.82) is 0 Å². The molecule has 4 heteroatoms. The maximum absolute atomic E-state index is 12.3. The minimum Gasteiger partial charge on any atom is -0.335 e. The molecule has 0 bridgehead atoms. The lowest BCUT2D eigenvalue weighted by molar-refractivity contribution is 0.0613. The molecule has 2 rings (SSSR count). The zero-order valence-corrected chi connectivity index (χ0v) is 11.8. The SMILES string of the molecule is CC[C@@H]1CCCCN1C(=O)c1cc(Br)cs1. The highest BCUT2D eigenvalue weighted by Gasteiger charge is 2.26. The summed E-state index contributed by atoms with van der Waals surface area (Å²) < 4.78 is 1.01. The van der Waals surface area contributed by atoms with E-state index < -0.39 is 0 Å². The maximum Gasteiger partial charge on any atom is 0.264 e. The van der Waals surface area contributed by atoms with Crippen molar-refractivity contribution in [3.05, 3.63) is 20.8 Å². The second-order valence-corrected chi connectivity index (χ2v) is 6.01. The summed E-state index contributed by atoms with van der Waals surface area (Å²) in [7, 11) is 0. The molecule has 1 fully saturated rings. The Kier molecular flexibility index (Phi) is 4.03. The van der Waals surface area contributed by atoms with E-state index in [4.69, 9.17) is 0 Å². The molecule has 1 aromatic rings. The summed E-state index contributed by atoms with van der Waals surface area (Å²) in [5.74, 6) is 0.210. The van der Waals surface area contributed by atoms with E-state index in [1.165, 1.54) is 17.8 Å². The van der Waals surface area contributed by atoms with Crippen molar-refractivity contribution in [3.63, 3.8) is 0 Å². The van der Waals surface area contributed by atoms with Gasteiger partial charge in [-0.15, -0.1) is 11.3 Å². The third-order valence-corrected chi connectivity index (χ3v) is 4.82. The zero-order chi connectivity index (χ0) is 11.5. The molecule has 1 atom stereocenters. The number of nitrogens with zero attached hydrogens (tertiary/aromatic N) is 1. The number of halogens is 1. The van der Waals surface area contributed by atoms with E-state index in [1.807, 2.05) is 11.4 Å². The lowest BCUT2D eigenvalue weighted by atomic mass is 10.00. The van der Waals surface area contributed by atoms with Gasteiger partial charge in [0.15, 0.2) is 0 Å². The Hall–Kier alpha value is -0.350. The molecule has 0 aromatic carbocycles. The van der Waals surface area contributed by atoms with Crippen LogP contribution in [0.4, 0.5) is 0 Å². The van der Waals surface area contributed by atoms with Crippen LogP contribution in [0.2, 0.25) is 0 Å². The number of likely N-dealkylation sites (tertiary alicyclic amines) is 1. The van der Waals surface area contributed by atoms with Crippen LogP contribution in [0.3, 0.4) is 0 Å². The monoisotopic (exact) mass is 301 g/mol. The van der Waals surface area contributed by atoms with Crippen LogP contribution in [-0.2, 0) is 0 Å². The summed E-state index contributed by atoms with van der Waals surface area (Å²) in [5, 5.41) is 1.97. The fourth-order valence-corrected chi connectivity index (χ4v) is 3.64. The first-order valence-corrected chi connectivity index (χ1v) is 7.44. The van der Waals surface area contributed by atoms with E-state index >= 15 is 0 Å². The van der Waals surface area contributed by atoms with Crippen molar-refractivity contribution in [3.8, 4) is 0 Å². The van der Waals surface area contributed by atoms with E-state index in [1.54, 1.807) is 0 Å². The van der Waals surface area contributed by atoms with Crippen molar-refractivity contribution in [1.82, 2.24) is 4.90 Å². The van der Waals surface area contributed by atoms with Gasteiger partial charge in [-0.2, -0.15) is 0 Å². The molecule has 2 heterocycles. The van der Waals surface area contributed by atoms with Crippen LogP contribution in [0, 0.1) is 0 Å². The molecule has 1 aliphatic rings. The highest BCUT2D eigenvalue weighted by molar-refractivity contribution is 9.10. The number of hydrogen-bond donors (Lipinski definition) is 0. The number of rotatable bonds is 2. The number of amides is 1. The largest absolute Gasteiger partial charge is 0.335 e. The van der Waals surface area contributed by atoms with E-state index in [0.29, 0.717) is 6.04 Å². The van der Waals surface area contributed by atoms with Gasteiger partial charge >= 0.3 is 0 Å². The first-order chi connectivity index (χ1) is 7.72. The van der Waals surface area contributed by atoms with E-state index in [0.717, 1.165) is 35.2 Å². The lowest BCUT2D eigenvalue weighted by Crippen LogP contribution is -2.43. The van der Waals surface area contributed by atoms with E-state index in [9.17, 15) is 4.79 Å². The van der Waals surface area contributed by atoms with Crippen molar-refractivity contribution >= 4 is 33.2 Å². The van der Waals surface area contributed by atoms with Crippen LogP contribution in [0.15, 0.2) is 15.9 Å². The molecule has 1 aliphatic heterocycles. The Morgan fingerprint density at radius 2 is 2.44 bits per heavy atom. The fraction of sp³-hybridized carbons (Fsp3) is 0.583. The van der Waals surface area contributed by atoms with Crippen molar-refractivity contribution < 1.29 is 4.79 Å². The van der Waals surface area contributed by atoms with Gasteiger partial charge in [-0.1, -0.05) is 6.92 Å². The second-order valence-electron chi connectivity index (χ2n) is 4.19. The summed E-state index contributed by atoms with van der Waals surface area (Å²) in [4.78, 5) is 15.2. The fourth-order valence-electron chi connectivity index (χ4n) is 2.26. The molecule has 0 saturated carbocycles. The summed E-state index contributed by atoms with van der Waals surface area (Å²) >= 11 is 4.92. The number of piperidine rings is 1. The van der Waals surface area contributed by atoms with Gasteiger partial charge in [-0.3, -0.25) is 4.79 Å². The third kappa shape index (κ3) is 2.48. The van der Waals surface area contributed by atoms with Gasteiger partial charge < -0.3 is 4.90 Å². The predicted molar refractivity (Wildman–Crippen MR) is 71.0 cm³/mol. The first kappa shape index (κ1) is 12.1. The van der Waals surface area contributed by atoms with Gasteiger partial charge in [0.1, 0.15) is 0 Å². The minimum absolute atomic E-state index is 0.210. The minimum atomic E-state index is 0.210. The molecular weight excluding hydrogens is 286 g/mol. The summed E-state index contributed by atoms with van der Waals surface area (Å²) in [5.41, 5.74) is 0. The van der Waals surface area contributed by atoms with Crippen LogP contribution in [0.25, 0.3) is 0 Å². The Bertz CT molecular complexity index is 377.